The van der Waals surface area contributed by atoms with Crippen LogP contribution in [0.3, 0.4) is 0 Å². The Morgan fingerprint density at radius 1 is 1.09 bits per heavy atom. The van der Waals surface area contributed by atoms with E-state index in [4.69, 9.17) is 17.3 Å². The maximum atomic E-state index is 12.3. The average Bonchev–Trinajstić information content (AvgIpc) is 2.72. The Kier molecular flexibility index (Phi) is 6.51. The number of aromatic carboxylic acids is 2. The van der Waals surface area contributed by atoms with Crippen molar-refractivity contribution in [3.05, 3.63) is 84.6 Å². The number of nitrogens with one attached hydrogen (secondary N) is 1. The lowest BCUT2D eigenvalue weighted by Gasteiger charge is -2.15. The summed E-state index contributed by atoms with van der Waals surface area (Å²) in [5.74, 6) is -3.52. The molecule has 0 atom stereocenters. The van der Waals surface area contributed by atoms with Crippen molar-refractivity contribution in [2.75, 3.05) is 5.73 Å². The molecule has 3 aromatic rings. The van der Waals surface area contributed by atoms with E-state index in [0.717, 1.165) is 11.6 Å². The number of hydrogen-bond donors (Lipinski definition) is 4. The van der Waals surface area contributed by atoms with Crippen molar-refractivity contribution in [3.8, 4) is 11.1 Å². The fraction of sp³-hybridized carbons (Fsp3) is 0.0500. The van der Waals surface area contributed by atoms with Gasteiger partial charge in [0.15, 0.2) is 0 Å². The number of aromatic nitrogens is 1. The van der Waals surface area contributed by atoms with E-state index in [1.54, 1.807) is 24.3 Å². The van der Waals surface area contributed by atoms with Crippen molar-refractivity contribution >= 4 is 46.8 Å². The molecule has 0 spiro atoms. The standard InChI is InChI=1S/C20H14ClN3O7S/c21-10-3-1-9(2-4-10)8-32-13-6-5-11(24(30)31)7-12(13)14-15(19(26)27)17(22)23-18(25)16(14)20(28)29/h1-7H,8H2,(H,26,27)(H,28,29)(H3,22,23,25). The number of nitrogens with zero attached hydrogens (tertiary/aromatic N) is 1. The molecule has 0 radical (unpaired) electrons. The van der Waals surface area contributed by atoms with Gasteiger partial charge in [0.25, 0.3) is 11.2 Å². The van der Waals surface area contributed by atoms with Crippen LogP contribution in [0.15, 0.2) is 52.2 Å². The Morgan fingerprint density at radius 3 is 2.28 bits per heavy atom. The normalized spacial score (nSPS) is 10.7. The fourth-order valence-corrected chi connectivity index (χ4v) is 4.13. The van der Waals surface area contributed by atoms with E-state index >= 15 is 0 Å². The molecule has 0 unspecified atom stereocenters. The van der Waals surface area contributed by atoms with E-state index in [-0.39, 0.29) is 5.56 Å². The van der Waals surface area contributed by atoms with Crippen molar-refractivity contribution in [3.63, 3.8) is 0 Å². The highest BCUT2D eigenvalue weighted by Gasteiger charge is 2.29. The minimum atomic E-state index is -1.70. The van der Waals surface area contributed by atoms with Gasteiger partial charge >= 0.3 is 11.9 Å². The van der Waals surface area contributed by atoms with Gasteiger partial charge in [-0.1, -0.05) is 23.7 Å². The number of anilines is 1. The predicted octanol–water partition coefficient (Wildman–Crippen LogP) is 3.87. The lowest BCUT2D eigenvalue weighted by molar-refractivity contribution is -0.384. The van der Waals surface area contributed by atoms with Crippen molar-refractivity contribution in [1.29, 1.82) is 0 Å². The number of hydrogen-bond acceptors (Lipinski definition) is 7. The summed E-state index contributed by atoms with van der Waals surface area (Å²) in [6.45, 7) is 0. The van der Waals surface area contributed by atoms with Crippen LogP contribution in [0.2, 0.25) is 5.02 Å². The molecule has 5 N–H and O–H groups in total. The van der Waals surface area contributed by atoms with Gasteiger partial charge in [-0.05, 0) is 23.8 Å². The number of benzene rings is 2. The molecule has 1 aromatic heterocycles. The molecule has 10 nitrogen and oxygen atoms in total. The quantitative estimate of drug-likeness (QED) is 0.224. The number of rotatable bonds is 7. The molecule has 12 heteroatoms. The Labute approximate surface area is 188 Å². The van der Waals surface area contributed by atoms with Gasteiger partial charge in [-0.15, -0.1) is 11.8 Å². The van der Waals surface area contributed by atoms with Crippen LogP contribution in [0, 0.1) is 10.1 Å². The van der Waals surface area contributed by atoms with Gasteiger partial charge in [-0.2, -0.15) is 0 Å². The van der Waals surface area contributed by atoms with E-state index < -0.39 is 50.6 Å². The topological polar surface area (TPSA) is 177 Å². The van der Waals surface area contributed by atoms with E-state index in [2.05, 4.69) is 0 Å². The number of non-ortho nitro benzene ring substituents is 1. The molecule has 0 aliphatic heterocycles. The van der Waals surface area contributed by atoms with Gasteiger partial charge in [-0.25, -0.2) is 9.59 Å². The Balaban J connectivity index is 2.28. The number of aromatic amines is 1. The molecule has 1 heterocycles. The van der Waals surface area contributed by atoms with Crippen molar-refractivity contribution in [2.24, 2.45) is 0 Å². The molecule has 0 aliphatic rings. The molecular formula is C20H14ClN3O7S. The van der Waals surface area contributed by atoms with Crippen molar-refractivity contribution < 1.29 is 24.7 Å². The number of nitro groups is 1. The molecule has 0 saturated heterocycles. The number of nitrogen functional groups attached to an aromatic ring is 1. The monoisotopic (exact) mass is 475 g/mol. The van der Waals surface area contributed by atoms with Gasteiger partial charge in [0.2, 0.25) is 0 Å². The van der Waals surface area contributed by atoms with Crippen molar-refractivity contribution in [2.45, 2.75) is 10.6 Å². The highest BCUT2D eigenvalue weighted by atomic mass is 35.5. The first-order valence-electron chi connectivity index (χ1n) is 8.78. The number of H-pyrrole nitrogens is 1. The number of pyridine rings is 1. The van der Waals surface area contributed by atoms with Crippen LogP contribution < -0.4 is 11.3 Å². The smallest absolute Gasteiger partial charge is 0.342 e. The minimum Gasteiger partial charge on any atom is -0.478 e. The van der Waals surface area contributed by atoms with Crippen LogP contribution in [0.1, 0.15) is 26.3 Å². The second-order valence-electron chi connectivity index (χ2n) is 6.46. The molecule has 0 amide bonds. The zero-order valence-electron chi connectivity index (χ0n) is 16.0. The lowest BCUT2D eigenvalue weighted by atomic mass is 9.95. The molecule has 3 rings (SSSR count). The Hall–Kier alpha value is -3.83. The molecule has 0 fully saturated rings. The fourth-order valence-electron chi connectivity index (χ4n) is 3.01. The summed E-state index contributed by atoms with van der Waals surface area (Å²) in [7, 11) is 0. The summed E-state index contributed by atoms with van der Waals surface area (Å²) in [4.78, 5) is 49.0. The summed E-state index contributed by atoms with van der Waals surface area (Å²) in [6, 6.07) is 10.5. The van der Waals surface area contributed by atoms with Crippen LogP contribution in [-0.4, -0.2) is 32.1 Å². The highest BCUT2D eigenvalue weighted by Crippen LogP contribution is 2.39. The van der Waals surface area contributed by atoms with Crippen LogP contribution in [0.5, 0.6) is 0 Å². The number of carbonyl (C=O) groups is 2. The summed E-state index contributed by atoms with van der Waals surface area (Å²) in [6.07, 6.45) is 0. The summed E-state index contributed by atoms with van der Waals surface area (Å²) in [5, 5.41) is 31.1. The molecule has 0 bridgehead atoms. The van der Waals surface area contributed by atoms with Gasteiger partial charge in [0.05, 0.1) is 4.92 Å². The molecule has 0 saturated carbocycles. The van der Waals surface area contributed by atoms with Gasteiger partial charge in [-0.3, -0.25) is 14.9 Å². The number of halogens is 1. The van der Waals surface area contributed by atoms with Crippen molar-refractivity contribution in [1.82, 2.24) is 4.98 Å². The third-order valence-electron chi connectivity index (χ3n) is 4.42. The largest absolute Gasteiger partial charge is 0.478 e. The number of nitrogens with two attached hydrogens (primary N) is 1. The van der Waals surface area contributed by atoms with E-state index in [1.165, 1.54) is 23.9 Å². The van der Waals surface area contributed by atoms with Crippen LogP contribution in [-0.2, 0) is 5.75 Å². The molecule has 2 aromatic carbocycles. The molecular weight excluding hydrogens is 462 g/mol. The maximum Gasteiger partial charge on any atom is 0.342 e. The minimum absolute atomic E-state index is 0.106. The first-order chi connectivity index (χ1) is 15.1. The van der Waals surface area contributed by atoms with Gasteiger partial charge < -0.3 is 20.9 Å². The van der Waals surface area contributed by atoms with Crippen LogP contribution in [0.4, 0.5) is 11.5 Å². The Bertz CT molecular complexity index is 1310. The molecule has 32 heavy (non-hydrogen) atoms. The van der Waals surface area contributed by atoms with E-state index in [0.29, 0.717) is 15.7 Å². The summed E-state index contributed by atoms with van der Waals surface area (Å²) < 4.78 is 0. The number of thioether (sulfide) groups is 1. The molecule has 0 aliphatic carbocycles. The molecule has 164 valence electrons. The second kappa shape index (κ2) is 9.12. The predicted molar refractivity (Wildman–Crippen MR) is 118 cm³/mol. The van der Waals surface area contributed by atoms with Gasteiger partial charge in [0.1, 0.15) is 16.9 Å². The summed E-state index contributed by atoms with van der Waals surface area (Å²) in [5.41, 5.74) is 2.80. The SMILES string of the molecule is Nc1[nH]c(=O)c(C(=O)O)c(-c2cc([N+](=O)[O-])ccc2SCc2ccc(Cl)cc2)c1C(=O)O. The van der Waals surface area contributed by atoms with Crippen LogP contribution in [0.25, 0.3) is 11.1 Å². The second-order valence-corrected chi connectivity index (χ2v) is 7.91. The lowest BCUT2D eigenvalue weighted by Crippen LogP contribution is -2.24. The van der Waals surface area contributed by atoms with E-state index in [1.807, 2.05) is 4.98 Å². The first kappa shape index (κ1) is 22.8. The maximum absolute atomic E-state index is 12.3. The van der Waals surface area contributed by atoms with Gasteiger partial charge in [0, 0.05) is 38.9 Å². The average molecular weight is 476 g/mol. The third-order valence-corrected chi connectivity index (χ3v) is 5.82. The first-order valence-corrected chi connectivity index (χ1v) is 10.1. The number of carboxylic acids is 2. The van der Waals surface area contributed by atoms with E-state index in [9.17, 15) is 34.7 Å². The Morgan fingerprint density at radius 2 is 1.72 bits per heavy atom. The number of nitro benzene ring substituents is 1. The summed E-state index contributed by atoms with van der Waals surface area (Å²) >= 11 is 7.05. The zero-order chi connectivity index (χ0) is 23.6. The highest BCUT2D eigenvalue weighted by molar-refractivity contribution is 7.98. The zero-order valence-corrected chi connectivity index (χ0v) is 17.6. The third kappa shape index (κ3) is 4.58. The van der Waals surface area contributed by atoms with Crippen LogP contribution >= 0.6 is 23.4 Å². The number of carboxylic acid groups (broad SMARTS) is 2.